The van der Waals surface area contributed by atoms with Gasteiger partial charge in [0.2, 0.25) is 0 Å². The molecule has 0 aliphatic rings. The molecule has 0 aliphatic heterocycles. The Hall–Kier alpha value is -0.450. The fraction of sp³-hybridized carbons (Fsp3) is 0.875. The van der Waals surface area contributed by atoms with E-state index in [0.29, 0.717) is 6.54 Å². The highest BCUT2D eigenvalue weighted by Gasteiger charge is 2.11. The van der Waals surface area contributed by atoms with Crippen molar-refractivity contribution in [2.45, 2.75) is 32.2 Å². The van der Waals surface area contributed by atoms with E-state index in [9.17, 15) is 4.79 Å². The van der Waals surface area contributed by atoms with Gasteiger partial charge in [0.15, 0.2) is 0 Å². The van der Waals surface area contributed by atoms with Crippen LogP contribution in [0.3, 0.4) is 0 Å². The van der Waals surface area contributed by atoms with Crippen molar-refractivity contribution >= 4 is 5.78 Å². The molecule has 0 aromatic carbocycles. The minimum atomic E-state index is -0.179. The number of nitrogens with two attached hydrogens (primary N) is 1. The lowest BCUT2D eigenvalue weighted by atomic mass is 10.1. The highest BCUT2D eigenvalue weighted by molar-refractivity contribution is 5.81. The van der Waals surface area contributed by atoms with Gasteiger partial charge >= 0.3 is 0 Å². The summed E-state index contributed by atoms with van der Waals surface area (Å²) in [6, 6.07) is -0.179. The van der Waals surface area contributed by atoms with Gasteiger partial charge in [-0.1, -0.05) is 6.42 Å². The maximum absolute atomic E-state index is 11.0. The van der Waals surface area contributed by atoms with E-state index in [0.717, 1.165) is 19.3 Å². The summed E-state index contributed by atoms with van der Waals surface area (Å²) in [5.41, 5.74) is 7.98. The topological polar surface area (TPSA) is 64.3 Å². The minimum Gasteiger partial charge on any atom is -0.330 e. The van der Waals surface area contributed by atoms with Crippen molar-refractivity contribution in [2.75, 3.05) is 13.7 Å². The third kappa shape index (κ3) is 5.23. The smallest absolute Gasteiger partial charge is 0.149 e. The molecule has 0 fully saturated rings. The first-order valence-electron chi connectivity index (χ1n) is 4.21. The van der Waals surface area contributed by atoms with Crippen molar-refractivity contribution in [3.05, 3.63) is 0 Å². The van der Waals surface area contributed by atoms with Crippen LogP contribution in [0.4, 0.5) is 0 Å². The number of nitrogens with one attached hydrogen (secondary N) is 1. The van der Waals surface area contributed by atoms with Crippen LogP contribution in [-0.4, -0.2) is 25.5 Å². The van der Waals surface area contributed by atoms with Crippen molar-refractivity contribution in [1.29, 1.82) is 0 Å². The minimum absolute atomic E-state index is 0.105. The van der Waals surface area contributed by atoms with Crippen molar-refractivity contribution in [3.63, 3.8) is 0 Å². The van der Waals surface area contributed by atoms with E-state index in [1.165, 1.54) is 7.11 Å². The Morgan fingerprint density at radius 2 is 2.25 bits per heavy atom. The van der Waals surface area contributed by atoms with E-state index in [1.54, 1.807) is 6.92 Å². The highest BCUT2D eigenvalue weighted by atomic mass is 16.6. The molecule has 0 heterocycles. The number of ketones is 1. The lowest BCUT2D eigenvalue weighted by Crippen LogP contribution is -2.34. The number of hydrogen-bond acceptors (Lipinski definition) is 4. The zero-order valence-electron chi connectivity index (χ0n) is 7.80. The normalized spacial score (nSPS) is 12.9. The van der Waals surface area contributed by atoms with Crippen LogP contribution in [0.5, 0.6) is 0 Å². The lowest BCUT2D eigenvalue weighted by molar-refractivity contribution is -0.122. The van der Waals surface area contributed by atoms with E-state index in [-0.39, 0.29) is 11.8 Å². The summed E-state index contributed by atoms with van der Waals surface area (Å²) in [4.78, 5) is 15.6. The Kier molecular flexibility index (Phi) is 6.94. The van der Waals surface area contributed by atoms with Crippen LogP contribution < -0.4 is 11.2 Å². The molecule has 0 aromatic rings. The molecule has 0 saturated carbocycles. The molecule has 0 spiro atoms. The average molecular weight is 174 g/mol. The van der Waals surface area contributed by atoms with Gasteiger partial charge in [-0.3, -0.25) is 4.79 Å². The van der Waals surface area contributed by atoms with Crippen molar-refractivity contribution in [3.8, 4) is 0 Å². The first-order valence-corrected chi connectivity index (χ1v) is 4.21. The summed E-state index contributed by atoms with van der Waals surface area (Å²) in [6.45, 7) is 2.23. The van der Waals surface area contributed by atoms with Crippen LogP contribution in [0, 0.1) is 0 Å². The van der Waals surface area contributed by atoms with Crippen molar-refractivity contribution in [2.24, 2.45) is 5.73 Å². The van der Waals surface area contributed by atoms with Crippen LogP contribution >= 0.6 is 0 Å². The van der Waals surface area contributed by atoms with Gasteiger partial charge in [-0.15, -0.1) is 0 Å². The van der Waals surface area contributed by atoms with Gasteiger partial charge in [0, 0.05) is 0 Å². The second-order valence-electron chi connectivity index (χ2n) is 2.77. The number of Topliss-reactive ketones (excluding diaryl/α,β-unsaturated/α-hetero) is 1. The Bertz CT molecular complexity index is 128. The molecule has 12 heavy (non-hydrogen) atoms. The molecule has 0 aromatic heterocycles. The fourth-order valence-electron chi connectivity index (χ4n) is 0.980. The van der Waals surface area contributed by atoms with E-state index in [2.05, 4.69) is 5.48 Å². The SMILES string of the molecule is CON[C@@H](CCCCN)C(C)=O. The Morgan fingerprint density at radius 1 is 1.58 bits per heavy atom. The summed E-state index contributed by atoms with van der Waals surface area (Å²) in [6.07, 6.45) is 2.70. The predicted octanol–water partition coefficient (Wildman–Crippen LogP) is 0.224. The van der Waals surface area contributed by atoms with Crippen LogP contribution in [0.15, 0.2) is 0 Å². The highest BCUT2D eigenvalue weighted by Crippen LogP contribution is 2.00. The van der Waals surface area contributed by atoms with Crippen molar-refractivity contribution < 1.29 is 9.63 Å². The second kappa shape index (κ2) is 7.21. The van der Waals surface area contributed by atoms with Crippen LogP contribution in [0.25, 0.3) is 0 Å². The quantitative estimate of drug-likeness (QED) is 0.428. The van der Waals surface area contributed by atoms with Gasteiger partial charge in [-0.2, -0.15) is 5.48 Å². The van der Waals surface area contributed by atoms with Gasteiger partial charge < -0.3 is 10.6 Å². The first kappa shape index (κ1) is 11.6. The molecule has 1 atom stereocenters. The molecule has 4 nitrogen and oxygen atoms in total. The molecule has 0 bridgehead atoms. The third-order valence-electron chi connectivity index (χ3n) is 1.70. The molecule has 0 saturated heterocycles. The van der Waals surface area contributed by atoms with E-state index >= 15 is 0 Å². The zero-order chi connectivity index (χ0) is 9.40. The van der Waals surface area contributed by atoms with Gasteiger partial charge in [0.05, 0.1) is 13.2 Å². The number of carbonyl (C=O) groups excluding carboxylic acids is 1. The second-order valence-corrected chi connectivity index (χ2v) is 2.77. The Morgan fingerprint density at radius 3 is 2.67 bits per heavy atom. The molecule has 0 unspecified atom stereocenters. The van der Waals surface area contributed by atoms with Gasteiger partial charge in [0.25, 0.3) is 0 Å². The maximum Gasteiger partial charge on any atom is 0.149 e. The third-order valence-corrected chi connectivity index (χ3v) is 1.70. The summed E-state index contributed by atoms with van der Waals surface area (Å²) < 4.78 is 0. The van der Waals surface area contributed by atoms with E-state index in [4.69, 9.17) is 10.6 Å². The number of rotatable bonds is 7. The standard InChI is InChI=1S/C8H18N2O2/c1-7(11)8(10-12-2)5-3-4-6-9/h8,10H,3-6,9H2,1-2H3/t8-/m0/s1. The zero-order valence-corrected chi connectivity index (χ0v) is 7.80. The van der Waals surface area contributed by atoms with Gasteiger partial charge in [-0.25, -0.2) is 0 Å². The van der Waals surface area contributed by atoms with Crippen LogP contribution in [0.1, 0.15) is 26.2 Å². The number of hydroxylamine groups is 1. The lowest BCUT2D eigenvalue weighted by Gasteiger charge is -2.12. The maximum atomic E-state index is 11.0. The number of carbonyl (C=O) groups is 1. The fourth-order valence-corrected chi connectivity index (χ4v) is 0.980. The summed E-state index contributed by atoms with van der Waals surface area (Å²) in [5.74, 6) is 0.105. The number of unbranched alkanes of at least 4 members (excludes halogenated alkanes) is 1. The Balaban J connectivity index is 3.56. The van der Waals surface area contributed by atoms with E-state index in [1.807, 2.05) is 0 Å². The molecule has 0 aliphatic carbocycles. The molecule has 72 valence electrons. The van der Waals surface area contributed by atoms with Gasteiger partial charge in [-0.05, 0) is 26.3 Å². The average Bonchev–Trinajstić information content (AvgIpc) is 2.03. The molecule has 0 rings (SSSR count). The monoisotopic (exact) mass is 174 g/mol. The Labute approximate surface area is 73.4 Å². The molecule has 0 amide bonds. The predicted molar refractivity (Wildman–Crippen MR) is 47.5 cm³/mol. The van der Waals surface area contributed by atoms with Gasteiger partial charge in [0.1, 0.15) is 5.78 Å². The molecular formula is C8H18N2O2. The van der Waals surface area contributed by atoms with E-state index < -0.39 is 0 Å². The first-order chi connectivity index (χ1) is 5.72. The largest absolute Gasteiger partial charge is 0.330 e. The molecular weight excluding hydrogens is 156 g/mol. The summed E-state index contributed by atoms with van der Waals surface area (Å²) in [5, 5.41) is 0. The number of hydrogen-bond donors (Lipinski definition) is 2. The summed E-state index contributed by atoms with van der Waals surface area (Å²) >= 11 is 0. The van der Waals surface area contributed by atoms with Crippen LogP contribution in [-0.2, 0) is 9.63 Å². The molecule has 4 heteroatoms. The van der Waals surface area contributed by atoms with Crippen molar-refractivity contribution in [1.82, 2.24) is 5.48 Å². The van der Waals surface area contributed by atoms with Crippen LogP contribution in [0.2, 0.25) is 0 Å². The summed E-state index contributed by atoms with van der Waals surface area (Å²) in [7, 11) is 1.51. The molecule has 0 radical (unpaired) electrons. The molecule has 3 N–H and O–H groups in total.